The molecule has 0 saturated carbocycles. The van der Waals surface area contributed by atoms with Gasteiger partial charge in [-0.2, -0.15) is 10.1 Å². The molecule has 0 atom stereocenters. The van der Waals surface area contributed by atoms with Crippen molar-refractivity contribution in [2.24, 2.45) is 7.05 Å². The maximum absolute atomic E-state index is 10.9. The van der Waals surface area contributed by atoms with E-state index in [1.807, 2.05) is 6.07 Å². The number of anilines is 2. The molecule has 0 aliphatic rings. The van der Waals surface area contributed by atoms with Crippen molar-refractivity contribution < 1.29 is 4.92 Å². The van der Waals surface area contributed by atoms with Gasteiger partial charge in [-0.15, -0.1) is 0 Å². The van der Waals surface area contributed by atoms with Gasteiger partial charge < -0.3 is 10.6 Å². The Morgan fingerprint density at radius 1 is 1.53 bits per heavy atom. The summed E-state index contributed by atoms with van der Waals surface area (Å²) < 4.78 is 1.66. The van der Waals surface area contributed by atoms with Crippen molar-refractivity contribution in [1.29, 1.82) is 0 Å². The average Bonchev–Trinajstić information content (AvgIpc) is 2.81. The van der Waals surface area contributed by atoms with Crippen LogP contribution in [0.25, 0.3) is 0 Å². The van der Waals surface area contributed by atoms with E-state index < -0.39 is 4.92 Å². The molecular weight excluding hydrogens is 250 g/mol. The Labute approximate surface area is 108 Å². The fourth-order valence-corrected chi connectivity index (χ4v) is 1.49. The largest absolute Gasteiger partial charge is 0.358 e. The van der Waals surface area contributed by atoms with Gasteiger partial charge in [-0.1, -0.05) is 0 Å². The summed E-state index contributed by atoms with van der Waals surface area (Å²) >= 11 is 0. The van der Waals surface area contributed by atoms with Crippen LogP contribution in [0.1, 0.15) is 5.69 Å². The van der Waals surface area contributed by atoms with E-state index in [1.165, 1.54) is 6.20 Å². The van der Waals surface area contributed by atoms with Crippen LogP contribution in [0, 0.1) is 10.1 Å². The maximum Gasteiger partial charge on any atom is 0.329 e. The molecule has 2 aromatic rings. The van der Waals surface area contributed by atoms with Crippen LogP contribution >= 0.6 is 0 Å². The number of nitrogens with one attached hydrogen (secondary N) is 2. The van der Waals surface area contributed by atoms with Crippen LogP contribution in [-0.4, -0.2) is 31.7 Å². The van der Waals surface area contributed by atoms with E-state index in [0.717, 1.165) is 5.69 Å². The lowest BCUT2D eigenvalue weighted by Crippen LogP contribution is -2.08. The number of nitro groups is 1. The molecule has 0 spiro atoms. The summed E-state index contributed by atoms with van der Waals surface area (Å²) in [5, 5.41) is 20.7. The summed E-state index contributed by atoms with van der Waals surface area (Å²) in [6.45, 7) is 0.349. The number of rotatable bonds is 5. The topological polar surface area (TPSA) is 111 Å². The molecule has 0 radical (unpaired) electrons. The minimum atomic E-state index is -0.528. The first-order valence-electron chi connectivity index (χ1n) is 5.51. The summed E-state index contributed by atoms with van der Waals surface area (Å²) in [6, 6.07) is 1.82. The van der Waals surface area contributed by atoms with Crippen molar-refractivity contribution in [3.63, 3.8) is 0 Å². The third-order valence-corrected chi connectivity index (χ3v) is 2.40. The molecule has 0 fully saturated rings. The zero-order chi connectivity index (χ0) is 13.8. The molecule has 9 heteroatoms. The Bertz CT molecular complexity index is 595. The van der Waals surface area contributed by atoms with Gasteiger partial charge in [-0.3, -0.25) is 14.8 Å². The highest BCUT2D eigenvalue weighted by molar-refractivity contribution is 5.56. The molecule has 2 N–H and O–H groups in total. The van der Waals surface area contributed by atoms with Crippen LogP contribution in [-0.2, 0) is 13.6 Å². The second kappa shape index (κ2) is 5.29. The van der Waals surface area contributed by atoms with Gasteiger partial charge in [0, 0.05) is 20.3 Å². The number of aryl methyl sites for hydroxylation is 1. The van der Waals surface area contributed by atoms with Crippen LogP contribution < -0.4 is 10.6 Å². The first kappa shape index (κ1) is 12.7. The van der Waals surface area contributed by atoms with E-state index in [-0.39, 0.29) is 11.5 Å². The normalized spacial score (nSPS) is 10.2. The van der Waals surface area contributed by atoms with Gasteiger partial charge in [-0.25, -0.2) is 4.98 Å². The maximum atomic E-state index is 10.9. The molecule has 0 saturated heterocycles. The molecule has 2 aromatic heterocycles. The van der Waals surface area contributed by atoms with E-state index in [0.29, 0.717) is 12.5 Å². The van der Waals surface area contributed by atoms with E-state index in [9.17, 15) is 10.1 Å². The average molecular weight is 263 g/mol. The van der Waals surface area contributed by atoms with Crippen molar-refractivity contribution in [2.75, 3.05) is 17.7 Å². The molecule has 0 bridgehead atoms. The minimum Gasteiger partial charge on any atom is -0.358 e. The summed E-state index contributed by atoms with van der Waals surface area (Å²) in [5.74, 6) is 0.476. The summed E-state index contributed by atoms with van der Waals surface area (Å²) in [6.07, 6.45) is 2.96. The third-order valence-electron chi connectivity index (χ3n) is 2.40. The van der Waals surface area contributed by atoms with Gasteiger partial charge in [0.25, 0.3) is 0 Å². The van der Waals surface area contributed by atoms with Crippen LogP contribution in [0.2, 0.25) is 0 Å². The molecule has 2 heterocycles. The summed E-state index contributed by atoms with van der Waals surface area (Å²) in [5.41, 5.74) is 0.594. The van der Waals surface area contributed by atoms with Gasteiger partial charge in [0.05, 0.1) is 17.2 Å². The summed E-state index contributed by atoms with van der Waals surface area (Å²) in [7, 11) is 3.44. The Balaban J connectivity index is 2.19. The van der Waals surface area contributed by atoms with Crippen LogP contribution in [0.15, 0.2) is 18.5 Å². The zero-order valence-corrected chi connectivity index (χ0v) is 10.5. The fourth-order valence-electron chi connectivity index (χ4n) is 1.49. The minimum absolute atomic E-state index is 0.162. The molecule has 100 valence electrons. The summed E-state index contributed by atoms with van der Waals surface area (Å²) in [4.78, 5) is 18.2. The molecule has 9 nitrogen and oxygen atoms in total. The van der Waals surface area contributed by atoms with Crippen molar-refractivity contribution in [2.45, 2.75) is 6.54 Å². The van der Waals surface area contributed by atoms with Crippen LogP contribution in [0.5, 0.6) is 0 Å². The Kier molecular flexibility index (Phi) is 3.55. The fraction of sp³-hybridized carbons (Fsp3) is 0.300. The number of nitrogens with zero attached hydrogens (tertiary/aromatic N) is 5. The molecule has 2 rings (SSSR count). The molecule has 0 unspecified atom stereocenters. The van der Waals surface area contributed by atoms with E-state index in [4.69, 9.17) is 0 Å². The van der Waals surface area contributed by atoms with Crippen molar-refractivity contribution in [1.82, 2.24) is 19.7 Å². The van der Waals surface area contributed by atoms with Crippen LogP contribution in [0.3, 0.4) is 0 Å². The molecular formula is C10H13N7O2. The SMILES string of the molecule is CNc1ncc([N+](=O)[O-])c(NCc2ccn(C)n2)n1. The first-order valence-corrected chi connectivity index (χ1v) is 5.51. The predicted octanol–water partition coefficient (Wildman–Crippen LogP) is 0.772. The second-order valence-electron chi connectivity index (χ2n) is 3.77. The van der Waals surface area contributed by atoms with Gasteiger partial charge in [0.2, 0.25) is 11.8 Å². The van der Waals surface area contributed by atoms with Gasteiger partial charge in [-0.05, 0) is 6.07 Å². The van der Waals surface area contributed by atoms with Crippen molar-refractivity contribution >= 4 is 17.5 Å². The van der Waals surface area contributed by atoms with Gasteiger partial charge in [0.1, 0.15) is 6.20 Å². The molecule has 0 amide bonds. The van der Waals surface area contributed by atoms with Crippen LogP contribution in [0.4, 0.5) is 17.5 Å². The van der Waals surface area contributed by atoms with Gasteiger partial charge >= 0.3 is 5.69 Å². The lowest BCUT2D eigenvalue weighted by Gasteiger charge is -2.06. The smallest absolute Gasteiger partial charge is 0.329 e. The predicted molar refractivity (Wildman–Crippen MR) is 68.8 cm³/mol. The molecule has 0 aliphatic carbocycles. The monoisotopic (exact) mass is 263 g/mol. The number of hydrogen-bond donors (Lipinski definition) is 2. The standard InChI is InChI=1S/C10H13N7O2/c1-11-10-13-6-8(17(18)19)9(14-10)12-5-7-3-4-16(2)15-7/h3-4,6H,5H2,1-2H3,(H2,11,12,13,14). The quantitative estimate of drug-likeness (QED) is 0.605. The second-order valence-corrected chi connectivity index (χ2v) is 3.77. The third kappa shape index (κ3) is 2.94. The molecule has 19 heavy (non-hydrogen) atoms. The van der Waals surface area contributed by atoms with E-state index in [2.05, 4.69) is 25.7 Å². The number of aromatic nitrogens is 4. The zero-order valence-electron chi connectivity index (χ0n) is 10.5. The van der Waals surface area contributed by atoms with Crippen molar-refractivity contribution in [3.8, 4) is 0 Å². The Hall–Kier alpha value is -2.71. The lowest BCUT2D eigenvalue weighted by atomic mass is 10.4. The first-order chi connectivity index (χ1) is 9.10. The highest BCUT2D eigenvalue weighted by atomic mass is 16.6. The molecule has 0 aromatic carbocycles. The lowest BCUT2D eigenvalue weighted by molar-refractivity contribution is -0.384. The van der Waals surface area contributed by atoms with E-state index >= 15 is 0 Å². The highest BCUT2D eigenvalue weighted by Crippen LogP contribution is 2.22. The Morgan fingerprint density at radius 3 is 2.89 bits per heavy atom. The van der Waals surface area contributed by atoms with Gasteiger partial charge in [0.15, 0.2) is 0 Å². The molecule has 0 aliphatic heterocycles. The highest BCUT2D eigenvalue weighted by Gasteiger charge is 2.16. The van der Waals surface area contributed by atoms with E-state index in [1.54, 1.807) is 25.0 Å². The van der Waals surface area contributed by atoms with Crippen molar-refractivity contribution in [3.05, 3.63) is 34.3 Å². The number of hydrogen-bond acceptors (Lipinski definition) is 7. The Morgan fingerprint density at radius 2 is 2.32 bits per heavy atom.